The molecule has 1 aliphatic rings. The minimum Gasteiger partial charge on any atom is -0.392 e. The molecule has 1 aromatic heterocycles. The van der Waals surface area contributed by atoms with Crippen LogP contribution in [0.5, 0.6) is 0 Å². The zero-order chi connectivity index (χ0) is 39.6. The van der Waals surface area contributed by atoms with Crippen LogP contribution in [-0.4, -0.2) is 43.1 Å². The highest BCUT2D eigenvalue weighted by Crippen LogP contribution is 2.47. The molecule has 1 saturated heterocycles. The summed E-state index contributed by atoms with van der Waals surface area (Å²) >= 11 is 0. The van der Waals surface area contributed by atoms with Crippen LogP contribution in [0.2, 0.25) is 0 Å². The lowest BCUT2D eigenvalue weighted by Gasteiger charge is -2.44. The monoisotopic (exact) mass is 785 g/mol. The van der Waals surface area contributed by atoms with E-state index in [1.165, 1.54) is 27.1 Å². The first-order valence-electron chi connectivity index (χ1n) is 19.4. The van der Waals surface area contributed by atoms with Gasteiger partial charge in [-0.15, -0.1) is 0 Å². The summed E-state index contributed by atoms with van der Waals surface area (Å²) in [5.41, 5.74) is 5.55. The summed E-state index contributed by atoms with van der Waals surface area (Å²) in [5, 5.41) is 15.5. The van der Waals surface area contributed by atoms with Gasteiger partial charge in [-0.1, -0.05) is 133 Å². The fraction of sp³-hybridized carbons (Fsp3) is 0.163. The Kier molecular flexibility index (Phi) is 10.5. The Morgan fingerprint density at radius 1 is 0.672 bits per heavy atom. The fourth-order valence-corrected chi connectivity index (χ4v) is 9.57. The van der Waals surface area contributed by atoms with Gasteiger partial charge in [0.1, 0.15) is 4.90 Å². The van der Waals surface area contributed by atoms with Crippen molar-refractivity contribution in [1.29, 1.82) is 0 Å². The first-order chi connectivity index (χ1) is 28.3. The number of aliphatic hydroxyl groups excluding tert-OH is 1. The van der Waals surface area contributed by atoms with Crippen molar-refractivity contribution in [3.63, 3.8) is 0 Å². The van der Waals surface area contributed by atoms with Gasteiger partial charge in [0.25, 0.3) is 10.0 Å². The predicted molar refractivity (Wildman–Crippen MR) is 230 cm³/mol. The third kappa shape index (κ3) is 7.58. The molecule has 9 heteroatoms. The molecule has 9 rings (SSSR count). The second-order valence-corrected chi connectivity index (χ2v) is 16.6. The molecule has 1 aliphatic heterocycles. The number of rotatable bonds is 11. The third-order valence-electron chi connectivity index (χ3n) is 11.1. The van der Waals surface area contributed by atoms with Crippen LogP contribution in [0.4, 0.5) is 5.69 Å². The number of likely N-dealkylation sites (N-methyl/N-ethyl adjacent to an activating group) is 1. The van der Waals surface area contributed by atoms with Crippen molar-refractivity contribution < 1.29 is 23.0 Å². The van der Waals surface area contributed by atoms with E-state index in [9.17, 15) is 13.5 Å². The number of sulfonamides is 1. The molecule has 1 fully saturated rings. The summed E-state index contributed by atoms with van der Waals surface area (Å²) in [6.07, 6.45) is -0.0263. The van der Waals surface area contributed by atoms with Crippen LogP contribution in [-0.2, 0) is 32.6 Å². The topological polar surface area (TPSA) is 101 Å². The number of fused-ring (bicyclic) bond motifs is 3. The number of aliphatic hydroxyl groups is 1. The van der Waals surface area contributed by atoms with Crippen LogP contribution in [0.15, 0.2) is 175 Å². The molecule has 8 aromatic rings. The van der Waals surface area contributed by atoms with Crippen molar-refractivity contribution in [2.75, 3.05) is 18.3 Å². The lowest BCUT2D eigenvalue weighted by molar-refractivity contribution is -0.263. The zero-order valence-corrected chi connectivity index (χ0v) is 32.8. The number of pyridine rings is 1. The van der Waals surface area contributed by atoms with Gasteiger partial charge in [-0.05, 0) is 81.2 Å². The number of anilines is 1. The lowest BCUT2D eigenvalue weighted by Crippen LogP contribution is -2.43. The van der Waals surface area contributed by atoms with Crippen molar-refractivity contribution in [3.8, 4) is 0 Å². The second kappa shape index (κ2) is 16.1. The quantitative estimate of drug-likeness (QED) is 0.126. The number of hydrogen-bond donors (Lipinski definition) is 2. The maximum absolute atomic E-state index is 13.8. The van der Waals surface area contributed by atoms with Gasteiger partial charge in [0.2, 0.25) is 0 Å². The lowest BCUT2D eigenvalue weighted by atomic mass is 9.83. The Morgan fingerprint density at radius 2 is 1.33 bits per heavy atom. The molecular formula is C49H43N3O5S. The standard InChI is InChI=1S/C49H43N3O5S/c1-52(30-43-41-20-7-5-14-37(41)28-38-15-6-8-21-42(38)43)31-44-46(34-12-3-2-4-13-34)48(36-25-23-33(32-53)24-26-36)57-49(56-44)39-17-9-19-40(29-39)51-58(54,55)45-22-10-16-35-18-11-27-50-47(35)45/h2-29,44,46,48-49,51,53H,30-32H2,1H3/t44-,46-,48+,49?/m1/s1. The minimum atomic E-state index is -4.00. The molecule has 0 amide bonds. The maximum Gasteiger partial charge on any atom is 0.264 e. The van der Waals surface area contributed by atoms with E-state index in [0.29, 0.717) is 29.9 Å². The summed E-state index contributed by atoms with van der Waals surface area (Å²) in [7, 11) is -1.87. The van der Waals surface area contributed by atoms with Gasteiger partial charge in [-0.3, -0.25) is 14.6 Å². The van der Waals surface area contributed by atoms with Gasteiger partial charge in [-0.2, -0.15) is 0 Å². The van der Waals surface area contributed by atoms with Gasteiger partial charge in [0.15, 0.2) is 6.29 Å². The molecular weight excluding hydrogens is 743 g/mol. The van der Waals surface area contributed by atoms with E-state index in [1.54, 1.807) is 36.5 Å². The van der Waals surface area contributed by atoms with E-state index >= 15 is 0 Å². The van der Waals surface area contributed by atoms with Crippen molar-refractivity contribution in [2.24, 2.45) is 0 Å². The molecule has 0 spiro atoms. The van der Waals surface area contributed by atoms with Gasteiger partial charge in [0, 0.05) is 41.8 Å². The molecule has 58 heavy (non-hydrogen) atoms. The number of benzene rings is 7. The third-order valence-corrected chi connectivity index (χ3v) is 12.5. The number of nitrogens with one attached hydrogen (secondary N) is 1. The average Bonchev–Trinajstić information content (AvgIpc) is 3.26. The highest BCUT2D eigenvalue weighted by Gasteiger charge is 2.42. The van der Waals surface area contributed by atoms with E-state index in [2.05, 4.69) is 88.4 Å². The van der Waals surface area contributed by atoms with Crippen molar-refractivity contribution >= 4 is 48.2 Å². The first kappa shape index (κ1) is 37.6. The van der Waals surface area contributed by atoms with Crippen LogP contribution in [0.3, 0.4) is 0 Å². The van der Waals surface area contributed by atoms with E-state index < -0.39 is 22.4 Å². The van der Waals surface area contributed by atoms with Crippen LogP contribution >= 0.6 is 0 Å². The summed E-state index contributed by atoms with van der Waals surface area (Å²) < 4.78 is 44.5. The summed E-state index contributed by atoms with van der Waals surface area (Å²) in [4.78, 5) is 6.79. The molecule has 0 bridgehead atoms. The molecule has 2 N–H and O–H groups in total. The largest absolute Gasteiger partial charge is 0.392 e. The van der Waals surface area contributed by atoms with Gasteiger partial charge < -0.3 is 14.6 Å². The van der Waals surface area contributed by atoms with Gasteiger partial charge in [-0.25, -0.2) is 8.42 Å². The second-order valence-electron chi connectivity index (χ2n) is 15.0. The Balaban J connectivity index is 1.08. The maximum atomic E-state index is 13.8. The highest BCUT2D eigenvalue weighted by atomic mass is 32.2. The number of aromatic nitrogens is 1. The zero-order valence-electron chi connectivity index (χ0n) is 32.0. The molecule has 8 nitrogen and oxygen atoms in total. The van der Waals surface area contributed by atoms with Crippen molar-refractivity contribution in [3.05, 3.63) is 198 Å². The molecule has 4 atom stereocenters. The van der Waals surface area contributed by atoms with Crippen LogP contribution in [0.1, 0.15) is 46.1 Å². The van der Waals surface area contributed by atoms with Crippen LogP contribution in [0.25, 0.3) is 32.4 Å². The van der Waals surface area contributed by atoms with E-state index in [4.69, 9.17) is 9.47 Å². The molecule has 2 heterocycles. The van der Waals surface area contributed by atoms with Crippen LogP contribution in [0, 0.1) is 0 Å². The Hall–Kier alpha value is -5.94. The van der Waals surface area contributed by atoms with Gasteiger partial charge >= 0.3 is 0 Å². The van der Waals surface area contributed by atoms with Crippen molar-refractivity contribution in [1.82, 2.24) is 9.88 Å². The summed E-state index contributed by atoms with van der Waals surface area (Å²) in [5.74, 6) is -0.204. The summed E-state index contributed by atoms with van der Waals surface area (Å²) in [6.45, 7) is 1.20. The molecule has 290 valence electrons. The Bertz CT molecular complexity index is 2770. The number of para-hydroxylation sites is 1. The molecule has 7 aromatic carbocycles. The van der Waals surface area contributed by atoms with E-state index in [0.717, 1.165) is 22.1 Å². The number of hydrogen-bond acceptors (Lipinski definition) is 7. The van der Waals surface area contributed by atoms with E-state index in [1.807, 2.05) is 66.7 Å². The molecule has 0 saturated carbocycles. The molecule has 0 aliphatic carbocycles. The highest BCUT2D eigenvalue weighted by molar-refractivity contribution is 7.93. The first-order valence-corrected chi connectivity index (χ1v) is 20.9. The SMILES string of the molecule is CN(Cc1c2ccccc2cc2ccccc12)C[C@H]1OC(c2cccc(NS(=O)(=O)c3cccc4cccnc34)c2)O[C@@H](c2ccc(CO)cc2)[C@@H]1c1ccccc1. The Labute approximate surface area is 338 Å². The molecule has 1 unspecified atom stereocenters. The summed E-state index contributed by atoms with van der Waals surface area (Å²) in [6, 6.07) is 53.5. The fourth-order valence-electron chi connectivity index (χ4n) is 8.34. The van der Waals surface area contributed by atoms with E-state index in [-0.39, 0.29) is 23.5 Å². The van der Waals surface area contributed by atoms with Crippen molar-refractivity contribution in [2.45, 2.75) is 42.5 Å². The van der Waals surface area contributed by atoms with Crippen LogP contribution < -0.4 is 4.72 Å². The van der Waals surface area contributed by atoms with Gasteiger partial charge in [0.05, 0.1) is 24.3 Å². The average molecular weight is 786 g/mol. The normalized spacial score (nSPS) is 18.5. The number of nitrogens with zero attached hydrogens (tertiary/aromatic N) is 2. The molecule has 0 radical (unpaired) electrons. The Morgan fingerprint density at radius 3 is 2.07 bits per heavy atom. The predicted octanol–water partition coefficient (Wildman–Crippen LogP) is 9.91. The minimum absolute atomic E-state index is 0.0620. The number of ether oxygens (including phenoxy) is 2. The smallest absolute Gasteiger partial charge is 0.264 e.